The molecule has 0 saturated carbocycles. The standard InChI is InChI=1S/C4H10N3O5P.Na.4H2O.H/c1-7(4(5)6)2-3(8)12-13(9,10)11;;;;;;/h2H2,1H3,(H3,5,6)(H2,9,10,11);;4*1H2;. The van der Waals surface area contributed by atoms with Crippen LogP contribution >= 0.6 is 7.82 Å². The van der Waals surface area contributed by atoms with E-state index >= 15 is 0 Å². The van der Waals surface area contributed by atoms with Crippen LogP contribution in [0.25, 0.3) is 0 Å². The minimum atomic E-state index is -4.80. The van der Waals surface area contributed by atoms with Crippen molar-refractivity contribution in [2.75, 3.05) is 13.6 Å². The fourth-order valence-corrected chi connectivity index (χ4v) is 0.763. The zero-order valence-corrected chi connectivity index (χ0v) is 9.69. The van der Waals surface area contributed by atoms with Gasteiger partial charge >= 0.3 is 43.3 Å². The maximum absolute atomic E-state index is 10.7. The predicted molar refractivity (Wildman–Crippen MR) is 64.3 cm³/mol. The van der Waals surface area contributed by atoms with Crippen molar-refractivity contribution in [1.29, 1.82) is 5.41 Å². The Balaban J connectivity index is -0.0000000720. The molecule has 13 N–H and O–H groups in total. The molecule has 0 saturated heterocycles. The second-order valence-corrected chi connectivity index (χ2v) is 3.36. The summed E-state index contributed by atoms with van der Waals surface area (Å²) in [5.74, 6) is -1.55. The van der Waals surface area contributed by atoms with Crippen molar-refractivity contribution in [3.05, 3.63) is 0 Å². The van der Waals surface area contributed by atoms with Crippen molar-refractivity contribution in [3.63, 3.8) is 0 Å². The van der Waals surface area contributed by atoms with E-state index in [0.29, 0.717) is 0 Å². The van der Waals surface area contributed by atoms with Gasteiger partial charge in [-0.25, -0.2) is 9.36 Å². The molecule has 0 aliphatic heterocycles. The first kappa shape index (κ1) is 36.1. The molecule has 0 spiro atoms. The Morgan fingerprint density at radius 3 is 1.89 bits per heavy atom. The fraction of sp³-hybridized carbons (Fsp3) is 0.500. The molecular formula is C4H19N3NaO9P. The summed E-state index contributed by atoms with van der Waals surface area (Å²) in [5.41, 5.74) is 4.96. The van der Waals surface area contributed by atoms with E-state index in [0.717, 1.165) is 4.90 Å². The summed E-state index contributed by atoms with van der Waals surface area (Å²) in [6.45, 7) is -0.486. The number of nitrogens with two attached hydrogens (primary N) is 1. The SMILES string of the molecule is CN(CC(=O)OP(=O)(O)O)C(=N)N.O.O.O.O.[NaH]. The molecule has 0 aromatic heterocycles. The van der Waals surface area contributed by atoms with Crippen molar-refractivity contribution < 1.29 is 45.6 Å². The number of phosphoric ester groups is 1. The van der Waals surface area contributed by atoms with E-state index in [1.165, 1.54) is 7.05 Å². The minimum absolute atomic E-state index is 0. The van der Waals surface area contributed by atoms with E-state index in [2.05, 4.69) is 4.52 Å². The number of likely N-dealkylation sites (N-methyl/N-ethyl adjacent to an activating group) is 1. The Morgan fingerprint density at radius 2 is 1.67 bits per heavy atom. The van der Waals surface area contributed by atoms with Crippen molar-refractivity contribution in [1.82, 2.24) is 4.90 Å². The van der Waals surface area contributed by atoms with E-state index in [1.807, 2.05) is 0 Å². The van der Waals surface area contributed by atoms with Gasteiger partial charge in [0.2, 0.25) is 0 Å². The van der Waals surface area contributed by atoms with Crippen LogP contribution in [0.5, 0.6) is 0 Å². The van der Waals surface area contributed by atoms with Gasteiger partial charge in [-0.3, -0.25) is 15.2 Å². The third-order valence-electron chi connectivity index (χ3n) is 0.998. The van der Waals surface area contributed by atoms with Crippen LogP contribution in [-0.2, 0) is 13.9 Å². The molecule has 0 amide bonds. The summed E-state index contributed by atoms with van der Waals surface area (Å²) >= 11 is 0. The molecule has 0 unspecified atom stereocenters. The number of nitrogens with one attached hydrogen (secondary N) is 1. The van der Waals surface area contributed by atoms with Crippen LogP contribution in [0.15, 0.2) is 0 Å². The van der Waals surface area contributed by atoms with E-state index in [9.17, 15) is 9.36 Å². The Hall–Kier alpha value is -0.270. The quantitative estimate of drug-likeness (QED) is 0.170. The van der Waals surface area contributed by atoms with Crippen LogP contribution in [0.4, 0.5) is 0 Å². The topological polar surface area (TPSA) is 263 Å². The van der Waals surface area contributed by atoms with Gasteiger partial charge in [-0.2, -0.15) is 0 Å². The normalized spacial score (nSPS) is 7.72. The van der Waals surface area contributed by atoms with Crippen LogP contribution in [0, 0.1) is 5.41 Å². The number of hydrogen-bond acceptors (Lipinski definition) is 4. The summed E-state index contributed by atoms with van der Waals surface area (Å²) in [6, 6.07) is 0. The Labute approximate surface area is 124 Å². The molecule has 0 radical (unpaired) electrons. The molecule has 0 aliphatic carbocycles. The van der Waals surface area contributed by atoms with Gasteiger partial charge < -0.3 is 37.1 Å². The third kappa shape index (κ3) is 21.1. The zero-order chi connectivity index (χ0) is 10.6. The predicted octanol–water partition coefficient (Wildman–Crippen LogP) is -5.50. The molecule has 0 aliphatic rings. The van der Waals surface area contributed by atoms with Gasteiger partial charge in [0.25, 0.3) is 0 Å². The number of guanidine groups is 1. The van der Waals surface area contributed by atoms with Gasteiger partial charge in [-0.05, 0) is 0 Å². The molecular weight excluding hydrogens is 288 g/mol. The van der Waals surface area contributed by atoms with Crippen LogP contribution in [0.1, 0.15) is 0 Å². The van der Waals surface area contributed by atoms with Crippen molar-refractivity contribution >= 4 is 49.3 Å². The zero-order valence-electron chi connectivity index (χ0n) is 8.80. The second kappa shape index (κ2) is 14.8. The van der Waals surface area contributed by atoms with E-state index < -0.39 is 26.3 Å². The second-order valence-electron chi connectivity index (χ2n) is 2.20. The molecule has 0 bridgehead atoms. The average molecular weight is 307 g/mol. The van der Waals surface area contributed by atoms with Crippen LogP contribution in [0.2, 0.25) is 0 Å². The van der Waals surface area contributed by atoms with Crippen molar-refractivity contribution in [3.8, 4) is 0 Å². The van der Waals surface area contributed by atoms with Gasteiger partial charge in [0, 0.05) is 7.05 Å². The number of phosphoric acid groups is 1. The maximum atomic E-state index is 10.7. The van der Waals surface area contributed by atoms with Crippen molar-refractivity contribution in [2.45, 2.75) is 0 Å². The summed E-state index contributed by atoms with van der Waals surface area (Å²) in [6.07, 6.45) is 0. The van der Waals surface area contributed by atoms with E-state index in [4.69, 9.17) is 20.9 Å². The molecule has 14 heteroatoms. The van der Waals surface area contributed by atoms with Gasteiger partial charge in [0.15, 0.2) is 5.96 Å². The molecule has 18 heavy (non-hydrogen) atoms. The fourth-order valence-electron chi connectivity index (χ4n) is 0.440. The molecule has 0 fully saturated rings. The van der Waals surface area contributed by atoms with Gasteiger partial charge in [-0.15, -0.1) is 0 Å². The van der Waals surface area contributed by atoms with Crippen LogP contribution in [0.3, 0.4) is 0 Å². The molecule has 12 nitrogen and oxygen atoms in total. The summed E-state index contributed by atoms with van der Waals surface area (Å²) in [7, 11) is -3.49. The Morgan fingerprint density at radius 1 is 1.33 bits per heavy atom. The number of carbonyl (C=O) groups excluding carboxylic acids is 1. The monoisotopic (exact) mass is 307 g/mol. The number of nitrogens with zero attached hydrogens (tertiary/aromatic N) is 1. The first-order chi connectivity index (χ1) is 5.72. The number of hydrogen-bond donors (Lipinski definition) is 4. The molecule has 0 atom stereocenters. The van der Waals surface area contributed by atoms with Gasteiger partial charge in [-0.1, -0.05) is 0 Å². The molecule has 110 valence electrons. The molecule has 0 aromatic carbocycles. The van der Waals surface area contributed by atoms with Crippen LogP contribution in [-0.4, -0.2) is 91.7 Å². The number of rotatable bonds is 3. The summed E-state index contributed by atoms with van der Waals surface area (Å²) < 4.78 is 13.8. The Bertz CT molecular complexity index is 271. The van der Waals surface area contributed by atoms with Crippen LogP contribution < -0.4 is 5.73 Å². The van der Waals surface area contributed by atoms with E-state index in [-0.39, 0.29) is 51.5 Å². The number of carbonyl (C=O) groups is 1. The average Bonchev–Trinajstić information content (AvgIpc) is 1.81. The summed E-state index contributed by atoms with van der Waals surface area (Å²) in [4.78, 5) is 28.0. The Kier molecular flexibility index (Phi) is 29.6. The summed E-state index contributed by atoms with van der Waals surface area (Å²) in [5, 5.41) is 6.83. The third-order valence-corrected chi connectivity index (χ3v) is 1.44. The molecule has 0 aromatic rings. The van der Waals surface area contributed by atoms with Gasteiger partial charge in [0.1, 0.15) is 6.54 Å². The molecule has 0 heterocycles. The van der Waals surface area contributed by atoms with E-state index in [1.54, 1.807) is 0 Å². The molecule has 0 rings (SSSR count). The van der Waals surface area contributed by atoms with Gasteiger partial charge in [0.05, 0.1) is 0 Å². The first-order valence-electron chi connectivity index (χ1n) is 3.05. The first-order valence-corrected chi connectivity index (χ1v) is 4.58. The van der Waals surface area contributed by atoms with Crippen molar-refractivity contribution in [2.24, 2.45) is 5.73 Å².